The summed E-state index contributed by atoms with van der Waals surface area (Å²) >= 11 is 3.30. The fourth-order valence-electron chi connectivity index (χ4n) is 3.35. The van der Waals surface area contributed by atoms with Crippen molar-refractivity contribution in [2.24, 2.45) is 0 Å². The van der Waals surface area contributed by atoms with Crippen molar-refractivity contribution in [1.82, 2.24) is 15.1 Å². The monoisotopic (exact) mass is 480 g/mol. The van der Waals surface area contributed by atoms with Gasteiger partial charge in [-0.05, 0) is 42.8 Å². The van der Waals surface area contributed by atoms with E-state index in [0.717, 1.165) is 10.0 Å². The molecule has 3 aromatic rings. The fourth-order valence-corrected chi connectivity index (χ4v) is 3.71. The van der Waals surface area contributed by atoms with E-state index in [9.17, 15) is 19.2 Å². The SMILES string of the molecule is O=C(CCCN1C(=O)c2ccc(Br)cc2C1=O)Nc1cccc(-c2ccc(=O)[nH]n2)c1. The molecule has 8 nitrogen and oxygen atoms in total. The predicted octanol–water partition coefficient (Wildman–Crippen LogP) is 3.21. The van der Waals surface area contributed by atoms with Crippen LogP contribution in [0.3, 0.4) is 0 Å². The third-order valence-corrected chi connectivity index (χ3v) is 5.33. The first kappa shape index (κ1) is 20.7. The van der Waals surface area contributed by atoms with E-state index in [1.54, 1.807) is 42.5 Å². The number of hydrogen-bond acceptors (Lipinski definition) is 5. The van der Waals surface area contributed by atoms with Crippen LogP contribution in [0, 0.1) is 0 Å². The number of fused-ring (bicyclic) bond motifs is 1. The maximum Gasteiger partial charge on any atom is 0.264 e. The lowest BCUT2D eigenvalue weighted by Gasteiger charge is -2.13. The van der Waals surface area contributed by atoms with Crippen LogP contribution in [0.1, 0.15) is 33.6 Å². The summed E-state index contributed by atoms with van der Waals surface area (Å²) in [5, 5.41) is 9.15. The Hall–Kier alpha value is -3.59. The topological polar surface area (TPSA) is 112 Å². The van der Waals surface area contributed by atoms with Gasteiger partial charge in [0.2, 0.25) is 5.91 Å². The molecule has 0 spiro atoms. The predicted molar refractivity (Wildman–Crippen MR) is 118 cm³/mol. The molecule has 0 radical (unpaired) electrons. The molecule has 9 heteroatoms. The number of carbonyl (C=O) groups excluding carboxylic acids is 3. The first-order valence-electron chi connectivity index (χ1n) is 9.54. The molecule has 3 amide bonds. The molecular weight excluding hydrogens is 464 g/mol. The number of benzene rings is 2. The molecule has 0 saturated carbocycles. The number of carbonyl (C=O) groups is 3. The molecule has 156 valence electrons. The minimum Gasteiger partial charge on any atom is -0.326 e. The van der Waals surface area contributed by atoms with E-state index in [-0.39, 0.29) is 36.2 Å². The van der Waals surface area contributed by atoms with Crippen LogP contribution >= 0.6 is 15.9 Å². The van der Waals surface area contributed by atoms with E-state index in [0.29, 0.717) is 28.9 Å². The Kier molecular flexibility index (Phi) is 5.77. The van der Waals surface area contributed by atoms with Gasteiger partial charge < -0.3 is 5.32 Å². The van der Waals surface area contributed by atoms with Gasteiger partial charge in [-0.1, -0.05) is 28.1 Å². The van der Waals surface area contributed by atoms with Crippen LogP contribution in [0.4, 0.5) is 5.69 Å². The van der Waals surface area contributed by atoms with E-state index in [1.807, 2.05) is 6.07 Å². The molecule has 2 heterocycles. The third kappa shape index (κ3) is 4.46. The van der Waals surface area contributed by atoms with Gasteiger partial charge in [0.15, 0.2) is 0 Å². The molecule has 0 bridgehead atoms. The highest BCUT2D eigenvalue weighted by atomic mass is 79.9. The van der Waals surface area contributed by atoms with Gasteiger partial charge >= 0.3 is 0 Å². The zero-order chi connectivity index (χ0) is 22.0. The zero-order valence-corrected chi connectivity index (χ0v) is 17.8. The molecule has 0 unspecified atom stereocenters. The first-order valence-corrected chi connectivity index (χ1v) is 10.3. The van der Waals surface area contributed by atoms with Gasteiger partial charge in [0, 0.05) is 34.8 Å². The number of aromatic amines is 1. The van der Waals surface area contributed by atoms with E-state index >= 15 is 0 Å². The summed E-state index contributed by atoms with van der Waals surface area (Å²) in [4.78, 5) is 49.6. The Bertz CT molecular complexity index is 1230. The van der Waals surface area contributed by atoms with Crippen LogP contribution in [0.5, 0.6) is 0 Å². The Morgan fingerprint density at radius 3 is 2.58 bits per heavy atom. The van der Waals surface area contributed by atoms with Gasteiger partial charge in [0.05, 0.1) is 16.8 Å². The quantitative estimate of drug-likeness (QED) is 0.526. The average Bonchev–Trinajstić information content (AvgIpc) is 2.98. The summed E-state index contributed by atoms with van der Waals surface area (Å²) in [5.74, 6) is -0.914. The Morgan fingerprint density at radius 1 is 1.00 bits per heavy atom. The second kappa shape index (κ2) is 8.65. The molecule has 31 heavy (non-hydrogen) atoms. The van der Waals surface area contributed by atoms with Crippen molar-refractivity contribution in [3.8, 4) is 11.3 Å². The number of anilines is 1. The van der Waals surface area contributed by atoms with Crippen LogP contribution in [-0.4, -0.2) is 39.4 Å². The standard InChI is InChI=1S/C22H17BrN4O4/c23-14-6-7-16-17(12-14)22(31)27(21(16)30)10-2-5-19(28)24-15-4-1-3-13(11-15)18-8-9-20(29)26-25-18/h1,3-4,6-9,11-12H,2,5,10H2,(H,24,28)(H,26,29). The number of halogens is 1. The van der Waals surface area contributed by atoms with Crippen molar-refractivity contribution in [1.29, 1.82) is 0 Å². The van der Waals surface area contributed by atoms with Crippen molar-refractivity contribution in [2.75, 3.05) is 11.9 Å². The molecular formula is C22H17BrN4O4. The normalized spacial score (nSPS) is 12.7. The summed E-state index contributed by atoms with van der Waals surface area (Å²) < 4.78 is 0.730. The average molecular weight is 481 g/mol. The van der Waals surface area contributed by atoms with Crippen LogP contribution in [0.2, 0.25) is 0 Å². The zero-order valence-electron chi connectivity index (χ0n) is 16.2. The second-order valence-corrected chi connectivity index (χ2v) is 7.91. The van der Waals surface area contributed by atoms with E-state index < -0.39 is 0 Å². The maximum atomic E-state index is 12.5. The third-order valence-electron chi connectivity index (χ3n) is 4.84. The van der Waals surface area contributed by atoms with Gasteiger partial charge in [0.25, 0.3) is 17.4 Å². The molecule has 2 N–H and O–H groups in total. The van der Waals surface area contributed by atoms with Crippen molar-refractivity contribution in [3.63, 3.8) is 0 Å². The molecule has 2 aromatic carbocycles. The minimum atomic E-state index is -0.345. The van der Waals surface area contributed by atoms with E-state index in [1.165, 1.54) is 11.0 Å². The summed E-state index contributed by atoms with van der Waals surface area (Å²) in [6.07, 6.45) is 0.498. The Labute approximate surface area is 185 Å². The van der Waals surface area contributed by atoms with Gasteiger partial charge in [0.1, 0.15) is 0 Å². The van der Waals surface area contributed by atoms with E-state index in [2.05, 4.69) is 31.4 Å². The van der Waals surface area contributed by atoms with Gasteiger partial charge in [-0.25, -0.2) is 5.10 Å². The largest absolute Gasteiger partial charge is 0.326 e. The first-order chi connectivity index (χ1) is 14.9. The molecule has 0 saturated heterocycles. The van der Waals surface area contributed by atoms with E-state index in [4.69, 9.17) is 0 Å². The number of amides is 3. The van der Waals surface area contributed by atoms with Crippen LogP contribution in [0.15, 0.2) is 63.9 Å². The molecule has 0 atom stereocenters. The van der Waals surface area contributed by atoms with Gasteiger partial charge in [-0.3, -0.25) is 24.1 Å². The number of H-pyrrole nitrogens is 1. The lowest BCUT2D eigenvalue weighted by Crippen LogP contribution is -2.31. The fraction of sp³-hybridized carbons (Fsp3) is 0.136. The number of rotatable bonds is 6. The number of nitrogens with zero attached hydrogens (tertiary/aromatic N) is 2. The van der Waals surface area contributed by atoms with Crippen molar-refractivity contribution in [3.05, 3.63) is 80.6 Å². The Morgan fingerprint density at radius 2 is 1.81 bits per heavy atom. The molecule has 1 aromatic heterocycles. The van der Waals surface area contributed by atoms with Crippen LogP contribution in [-0.2, 0) is 4.79 Å². The highest BCUT2D eigenvalue weighted by molar-refractivity contribution is 9.10. The summed E-state index contributed by atoms with van der Waals surface area (Å²) in [6.45, 7) is 0.165. The smallest absolute Gasteiger partial charge is 0.264 e. The highest BCUT2D eigenvalue weighted by Crippen LogP contribution is 2.26. The Balaban J connectivity index is 1.34. The van der Waals surface area contributed by atoms with Crippen molar-refractivity contribution < 1.29 is 14.4 Å². The number of hydrogen-bond donors (Lipinski definition) is 2. The summed E-state index contributed by atoms with van der Waals surface area (Å²) in [7, 11) is 0. The lowest BCUT2D eigenvalue weighted by molar-refractivity contribution is -0.116. The van der Waals surface area contributed by atoms with Gasteiger partial charge in [-0.15, -0.1) is 0 Å². The molecule has 0 aliphatic carbocycles. The summed E-state index contributed by atoms with van der Waals surface area (Å²) in [6, 6.07) is 15.0. The van der Waals surface area contributed by atoms with Crippen molar-refractivity contribution >= 4 is 39.3 Å². The number of imide groups is 1. The highest BCUT2D eigenvalue weighted by Gasteiger charge is 2.35. The number of nitrogens with one attached hydrogen (secondary N) is 2. The van der Waals surface area contributed by atoms with Crippen molar-refractivity contribution in [2.45, 2.75) is 12.8 Å². The molecule has 1 aliphatic rings. The summed E-state index contributed by atoms with van der Waals surface area (Å²) in [5.41, 5.74) is 2.36. The van der Waals surface area contributed by atoms with Crippen LogP contribution < -0.4 is 10.9 Å². The maximum absolute atomic E-state index is 12.5. The minimum absolute atomic E-state index is 0.151. The molecule has 0 fully saturated rings. The lowest BCUT2D eigenvalue weighted by atomic mass is 10.1. The van der Waals surface area contributed by atoms with Gasteiger partial charge in [-0.2, -0.15) is 5.10 Å². The van der Waals surface area contributed by atoms with Crippen LogP contribution in [0.25, 0.3) is 11.3 Å². The molecule has 1 aliphatic heterocycles. The second-order valence-electron chi connectivity index (χ2n) is 6.99. The number of aromatic nitrogens is 2. The molecule has 4 rings (SSSR count).